The number of hydrogen-bond donors (Lipinski definition) is 0. The van der Waals surface area contributed by atoms with Crippen LogP contribution in [0.4, 0.5) is 4.39 Å². The Hall–Kier alpha value is -1.91. The Kier molecular flexibility index (Phi) is 4.03. The van der Waals surface area contributed by atoms with E-state index in [1.807, 2.05) is 4.90 Å². The standard InChI is InChI=1S/C22H27FN2O2/c23-19-3-1-2-18(11-19)20(26)24-4-6-25(7-5-24)21(27)22-12-15-8-16(13-22)10-17(9-15)14-22/h1-3,11,15-17H,4-10,12-14H2. The Balaban J connectivity index is 1.24. The van der Waals surface area contributed by atoms with Gasteiger partial charge >= 0.3 is 0 Å². The zero-order valence-corrected chi connectivity index (χ0v) is 15.7. The Bertz CT molecular complexity index is 734. The monoisotopic (exact) mass is 370 g/mol. The maximum atomic E-state index is 13.4. The van der Waals surface area contributed by atoms with Gasteiger partial charge in [-0.3, -0.25) is 9.59 Å². The summed E-state index contributed by atoms with van der Waals surface area (Å²) in [5.41, 5.74) is 0.277. The molecule has 0 radical (unpaired) electrons. The molecule has 0 N–H and O–H groups in total. The van der Waals surface area contributed by atoms with Crippen molar-refractivity contribution in [3.05, 3.63) is 35.6 Å². The van der Waals surface area contributed by atoms with Crippen molar-refractivity contribution in [2.75, 3.05) is 26.2 Å². The van der Waals surface area contributed by atoms with Gasteiger partial charge in [-0.15, -0.1) is 0 Å². The summed E-state index contributed by atoms with van der Waals surface area (Å²) in [5, 5.41) is 0. The van der Waals surface area contributed by atoms with E-state index in [4.69, 9.17) is 0 Å². The molecule has 1 aliphatic heterocycles. The van der Waals surface area contributed by atoms with Crippen LogP contribution in [-0.2, 0) is 4.79 Å². The maximum absolute atomic E-state index is 13.4. The van der Waals surface area contributed by atoms with Crippen LogP contribution in [-0.4, -0.2) is 47.8 Å². The predicted molar refractivity (Wildman–Crippen MR) is 99.5 cm³/mol. The third-order valence-corrected chi connectivity index (χ3v) is 7.42. The molecule has 1 saturated heterocycles. The molecule has 0 spiro atoms. The molecule has 5 fully saturated rings. The van der Waals surface area contributed by atoms with Crippen LogP contribution < -0.4 is 0 Å². The van der Waals surface area contributed by atoms with E-state index in [1.165, 1.54) is 31.4 Å². The number of amides is 2. The van der Waals surface area contributed by atoms with Crippen LogP contribution in [0.3, 0.4) is 0 Å². The second kappa shape index (κ2) is 6.32. The Morgan fingerprint density at radius 3 is 2.00 bits per heavy atom. The molecule has 0 atom stereocenters. The largest absolute Gasteiger partial charge is 0.339 e. The zero-order chi connectivity index (χ0) is 18.6. The molecule has 1 heterocycles. The summed E-state index contributed by atoms with van der Waals surface area (Å²) < 4.78 is 13.4. The second-order valence-corrected chi connectivity index (χ2v) is 9.29. The van der Waals surface area contributed by atoms with E-state index >= 15 is 0 Å². The first-order chi connectivity index (χ1) is 13.0. The highest BCUT2D eigenvalue weighted by Crippen LogP contribution is 2.60. The molecule has 2 amide bonds. The lowest BCUT2D eigenvalue weighted by molar-refractivity contribution is -0.159. The molecule has 5 heteroatoms. The summed E-state index contributed by atoms with van der Waals surface area (Å²) in [4.78, 5) is 29.8. The van der Waals surface area contributed by atoms with E-state index in [0.29, 0.717) is 37.6 Å². The van der Waals surface area contributed by atoms with Crippen molar-refractivity contribution in [2.45, 2.75) is 38.5 Å². The van der Waals surface area contributed by atoms with Crippen molar-refractivity contribution >= 4 is 11.8 Å². The smallest absolute Gasteiger partial charge is 0.254 e. The molecule has 5 aliphatic rings. The number of benzene rings is 1. The molecule has 4 bridgehead atoms. The lowest BCUT2D eigenvalue weighted by atomic mass is 9.49. The van der Waals surface area contributed by atoms with Gasteiger partial charge in [-0.25, -0.2) is 4.39 Å². The highest BCUT2D eigenvalue weighted by molar-refractivity contribution is 5.94. The van der Waals surface area contributed by atoms with Crippen LogP contribution in [0.25, 0.3) is 0 Å². The van der Waals surface area contributed by atoms with Gasteiger partial charge in [0.1, 0.15) is 5.82 Å². The normalized spacial score (nSPS) is 34.8. The van der Waals surface area contributed by atoms with Crippen LogP contribution in [0.5, 0.6) is 0 Å². The summed E-state index contributed by atoms with van der Waals surface area (Å²) in [6.07, 6.45) is 7.26. The van der Waals surface area contributed by atoms with Crippen LogP contribution in [0.15, 0.2) is 24.3 Å². The third-order valence-electron chi connectivity index (χ3n) is 7.42. The number of carbonyl (C=O) groups is 2. The first-order valence-corrected chi connectivity index (χ1v) is 10.4. The van der Waals surface area contributed by atoms with E-state index < -0.39 is 5.82 Å². The minimum Gasteiger partial charge on any atom is -0.339 e. The number of nitrogens with zero attached hydrogens (tertiary/aromatic N) is 2. The van der Waals surface area contributed by atoms with Crippen molar-refractivity contribution in [2.24, 2.45) is 23.2 Å². The topological polar surface area (TPSA) is 40.6 Å². The molecule has 0 unspecified atom stereocenters. The summed E-state index contributed by atoms with van der Waals surface area (Å²) in [7, 11) is 0. The number of carbonyl (C=O) groups excluding carboxylic acids is 2. The molecular formula is C22H27FN2O2. The number of piperazine rings is 1. The first kappa shape index (κ1) is 17.2. The van der Waals surface area contributed by atoms with E-state index in [-0.39, 0.29) is 11.3 Å². The lowest BCUT2D eigenvalue weighted by Gasteiger charge is -2.57. The molecular weight excluding hydrogens is 343 g/mol. The van der Waals surface area contributed by atoms with Gasteiger partial charge in [-0.05, 0) is 74.5 Å². The highest BCUT2D eigenvalue weighted by atomic mass is 19.1. The minimum atomic E-state index is -0.392. The Morgan fingerprint density at radius 1 is 0.889 bits per heavy atom. The van der Waals surface area contributed by atoms with Gasteiger partial charge in [0.15, 0.2) is 0 Å². The lowest BCUT2D eigenvalue weighted by Crippen LogP contribution is -2.58. The van der Waals surface area contributed by atoms with Crippen molar-refractivity contribution in [1.82, 2.24) is 9.80 Å². The van der Waals surface area contributed by atoms with Gasteiger partial charge < -0.3 is 9.80 Å². The van der Waals surface area contributed by atoms with Gasteiger partial charge in [-0.2, -0.15) is 0 Å². The van der Waals surface area contributed by atoms with E-state index in [1.54, 1.807) is 17.0 Å². The van der Waals surface area contributed by atoms with Crippen LogP contribution in [0, 0.1) is 29.0 Å². The Labute approximate surface area is 159 Å². The molecule has 4 saturated carbocycles. The third kappa shape index (κ3) is 2.95. The van der Waals surface area contributed by atoms with E-state index in [2.05, 4.69) is 0 Å². The number of rotatable bonds is 2. The second-order valence-electron chi connectivity index (χ2n) is 9.29. The van der Waals surface area contributed by atoms with Gasteiger partial charge in [0.05, 0.1) is 5.41 Å². The minimum absolute atomic E-state index is 0.108. The highest BCUT2D eigenvalue weighted by Gasteiger charge is 2.55. The summed E-state index contributed by atoms with van der Waals surface area (Å²) in [6, 6.07) is 5.85. The zero-order valence-electron chi connectivity index (χ0n) is 15.7. The van der Waals surface area contributed by atoms with Gasteiger partial charge in [0.25, 0.3) is 5.91 Å². The van der Waals surface area contributed by atoms with Crippen molar-refractivity contribution in [3.63, 3.8) is 0 Å². The van der Waals surface area contributed by atoms with E-state index in [9.17, 15) is 14.0 Å². The molecule has 27 heavy (non-hydrogen) atoms. The molecule has 144 valence electrons. The van der Waals surface area contributed by atoms with Gasteiger partial charge in [0.2, 0.25) is 5.91 Å². The van der Waals surface area contributed by atoms with Crippen molar-refractivity contribution in [1.29, 1.82) is 0 Å². The number of halogens is 1. The summed E-state index contributed by atoms with van der Waals surface area (Å²) >= 11 is 0. The maximum Gasteiger partial charge on any atom is 0.254 e. The Morgan fingerprint density at radius 2 is 1.44 bits per heavy atom. The average molecular weight is 370 g/mol. The summed E-state index contributed by atoms with van der Waals surface area (Å²) in [5.74, 6) is 2.09. The molecule has 1 aromatic carbocycles. The fourth-order valence-electron chi connectivity index (χ4n) is 6.62. The molecule has 1 aromatic rings. The molecule has 4 nitrogen and oxygen atoms in total. The quantitative estimate of drug-likeness (QED) is 0.801. The average Bonchev–Trinajstić information content (AvgIpc) is 2.66. The molecule has 4 aliphatic carbocycles. The molecule has 0 aromatic heterocycles. The fraction of sp³-hybridized carbons (Fsp3) is 0.636. The van der Waals surface area contributed by atoms with Crippen molar-refractivity contribution < 1.29 is 14.0 Å². The van der Waals surface area contributed by atoms with Gasteiger partial charge in [0, 0.05) is 31.7 Å². The van der Waals surface area contributed by atoms with Crippen LogP contribution in [0.2, 0.25) is 0 Å². The van der Waals surface area contributed by atoms with Gasteiger partial charge in [-0.1, -0.05) is 6.07 Å². The predicted octanol–water partition coefficient (Wildman–Crippen LogP) is 3.33. The first-order valence-electron chi connectivity index (χ1n) is 10.4. The number of hydrogen-bond acceptors (Lipinski definition) is 2. The van der Waals surface area contributed by atoms with E-state index in [0.717, 1.165) is 37.0 Å². The molecule has 6 rings (SSSR count). The fourth-order valence-corrected chi connectivity index (χ4v) is 6.62. The SMILES string of the molecule is O=C(c1cccc(F)c1)N1CCN(C(=O)C23CC4CC(CC(C4)C2)C3)CC1. The van der Waals surface area contributed by atoms with Crippen molar-refractivity contribution in [3.8, 4) is 0 Å². The summed E-state index contributed by atoms with van der Waals surface area (Å²) in [6.45, 7) is 2.27. The van der Waals surface area contributed by atoms with Crippen LogP contribution in [0.1, 0.15) is 48.9 Å². The van der Waals surface area contributed by atoms with Crippen LogP contribution >= 0.6 is 0 Å².